The summed E-state index contributed by atoms with van der Waals surface area (Å²) in [6.07, 6.45) is 4.65. The molecule has 0 bridgehead atoms. The van der Waals surface area contributed by atoms with E-state index < -0.39 is 4.92 Å². The highest BCUT2D eigenvalue weighted by Crippen LogP contribution is 2.34. The Kier molecular flexibility index (Phi) is 4.06. The molecule has 0 aromatic carbocycles. The van der Waals surface area contributed by atoms with Crippen LogP contribution in [0.4, 0.5) is 17.3 Å². The molecule has 0 atom stereocenters. The molecule has 0 unspecified atom stereocenters. The smallest absolute Gasteiger partial charge is 0.353 e. The van der Waals surface area contributed by atoms with Crippen molar-refractivity contribution in [2.24, 2.45) is 0 Å². The van der Waals surface area contributed by atoms with Crippen LogP contribution in [0.1, 0.15) is 40.0 Å². The molecule has 1 aliphatic rings. The van der Waals surface area contributed by atoms with E-state index in [0.717, 1.165) is 25.9 Å². The van der Waals surface area contributed by atoms with Crippen LogP contribution in [0.2, 0.25) is 0 Å². The molecule has 1 aliphatic heterocycles. The average Bonchev–Trinajstić information content (AvgIpc) is 2.37. The third-order valence-electron chi connectivity index (χ3n) is 3.13. The Bertz CT molecular complexity index is 492. The second kappa shape index (κ2) is 5.60. The zero-order valence-electron chi connectivity index (χ0n) is 12.2. The van der Waals surface area contributed by atoms with Gasteiger partial charge in [-0.25, -0.2) is 9.97 Å². The predicted octanol–water partition coefficient (Wildman–Crippen LogP) is 2.59. The van der Waals surface area contributed by atoms with Crippen molar-refractivity contribution in [3.05, 3.63) is 16.4 Å². The van der Waals surface area contributed by atoms with E-state index in [2.05, 4.69) is 15.3 Å². The van der Waals surface area contributed by atoms with E-state index in [-0.39, 0.29) is 17.0 Å². The van der Waals surface area contributed by atoms with Gasteiger partial charge in [0.25, 0.3) is 0 Å². The first-order chi connectivity index (χ1) is 9.38. The number of anilines is 2. The van der Waals surface area contributed by atoms with E-state index in [1.165, 1.54) is 12.7 Å². The van der Waals surface area contributed by atoms with Gasteiger partial charge in [-0.1, -0.05) is 0 Å². The number of nitro groups is 1. The first kappa shape index (κ1) is 14.5. The van der Waals surface area contributed by atoms with E-state index in [0.29, 0.717) is 5.82 Å². The van der Waals surface area contributed by atoms with E-state index in [1.807, 2.05) is 25.7 Å². The summed E-state index contributed by atoms with van der Waals surface area (Å²) in [7, 11) is 0. The lowest BCUT2D eigenvalue weighted by Crippen LogP contribution is -2.32. The van der Waals surface area contributed by atoms with Gasteiger partial charge in [-0.2, -0.15) is 0 Å². The molecule has 0 aliphatic carbocycles. The zero-order chi connectivity index (χ0) is 14.8. The maximum Gasteiger partial charge on any atom is 0.353 e. The van der Waals surface area contributed by atoms with Crippen LogP contribution in [0.3, 0.4) is 0 Å². The zero-order valence-corrected chi connectivity index (χ0v) is 12.2. The van der Waals surface area contributed by atoms with Gasteiger partial charge in [0.05, 0.1) is 4.92 Å². The lowest BCUT2D eigenvalue weighted by atomic mass is 10.1. The predicted molar refractivity (Wildman–Crippen MR) is 78.1 cm³/mol. The molecule has 1 N–H and O–H groups in total. The third kappa shape index (κ3) is 3.34. The van der Waals surface area contributed by atoms with Crippen LogP contribution < -0.4 is 10.2 Å². The number of nitrogens with one attached hydrogen (secondary N) is 1. The Hall–Kier alpha value is -1.92. The van der Waals surface area contributed by atoms with Gasteiger partial charge in [-0.3, -0.25) is 10.1 Å². The quantitative estimate of drug-likeness (QED) is 0.676. The Morgan fingerprint density at radius 2 is 1.90 bits per heavy atom. The van der Waals surface area contributed by atoms with Gasteiger partial charge in [-0.05, 0) is 40.0 Å². The Morgan fingerprint density at radius 3 is 2.45 bits per heavy atom. The molecule has 1 aromatic rings. The summed E-state index contributed by atoms with van der Waals surface area (Å²) in [6, 6.07) is 0. The maximum absolute atomic E-state index is 11.4. The van der Waals surface area contributed by atoms with Crippen molar-refractivity contribution in [1.82, 2.24) is 9.97 Å². The van der Waals surface area contributed by atoms with E-state index >= 15 is 0 Å². The normalized spacial score (nSPS) is 16.1. The Labute approximate surface area is 118 Å². The van der Waals surface area contributed by atoms with Crippen LogP contribution in [0.5, 0.6) is 0 Å². The summed E-state index contributed by atoms with van der Waals surface area (Å²) >= 11 is 0. The van der Waals surface area contributed by atoms with Crippen molar-refractivity contribution in [2.75, 3.05) is 23.3 Å². The van der Waals surface area contributed by atoms with Crippen molar-refractivity contribution in [3.63, 3.8) is 0 Å². The van der Waals surface area contributed by atoms with E-state index in [1.54, 1.807) is 0 Å². The van der Waals surface area contributed by atoms with E-state index in [4.69, 9.17) is 0 Å². The number of aromatic nitrogens is 2. The minimum Gasteiger partial charge on any atom is -0.360 e. The molecule has 1 aromatic heterocycles. The molecule has 7 heteroatoms. The number of nitrogens with zero attached hydrogens (tertiary/aromatic N) is 4. The van der Waals surface area contributed by atoms with Gasteiger partial charge in [0.15, 0.2) is 0 Å². The van der Waals surface area contributed by atoms with Crippen molar-refractivity contribution in [1.29, 1.82) is 0 Å². The van der Waals surface area contributed by atoms with Gasteiger partial charge < -0.3 is 10.2 Å². The molecule has 1 fully saturated rings. The molecular formula is C13H21N5O2. The summed E-state index contributed by atoms with van der Waals surface area (Å²) in [5, 5.41) is 14.5. The number of rotatable bonds is 3. The fourth-order valence-corrected chi connectivity index (χ4v) is 2.32. The van der Waals surface area contributed by atoms with Gasteiger partial charge in [0.1, 0.15) is 6.33 Å². The summed E-state index contributed by atoms with van der Waals surface area (Å²) in [5.74, 6) is 0.717. The lowest BCUT2D eigenvalue weighted by Gasteiger charge is -2.28. The second-order valence-electron chi connectivity index (χ2n) is 6.07. The summed E-state index contributed by atoms with van der Waals surface area (Å²) in [5.41, 5.74) is -0.317. The number of hydrogen-bond donors (Lipinski definition) is 1. The SMILES string of the molecule is CC(C)(C)Nc1ncnc(N2CCCCC2)c1[N+](=O)[O-]. The van der Waals surface area contributed by atoms with Crippen molar-refractivity contribution in [3.8, 4) is 0 Å². The fourth-order valence-electron chi connectivity index (χ4n) is 2.32. The van der Waals surface area contributed by atoms with Crippen molar-refractivity contribution in [2.45, 2.75) is 45.6 Å². The molecular weight excluding hydrogens is 258 g/mol. The molecule has 20 heavy (non-hydrogen) atoms. The standard InChI is InChI=1S/C13H21N5O2/c1-13(2,3)16-11-10(18(19)20)12(15-9-14-11)17-7-5-4-6-8-17/h9H,4-8H2,1-3H3,(H,14,15,16). The number of piperidine rings is 1. The molecule has 0 saturated carbocycles. The Balaban J connectivity index is 2.40. The highest BCUT2D eigenvalue weighted by atomic mass is 16.6. The molecule has 1 saturated heterocycles. The van der Waals surface area contributed by atoms with Crippen LogP contribution >= 0.6 is 0 Å². The minimum atomic E-state index is -0.391. The highest BCUT2D eigenvalue weighted by Gasteiger charge is 2.29. The van der Waals surface area contributed by atoms with Crippen LogP contribution in [0.15, 0.2) is 6.33 Å². The molecule has 2 heterocycles. The van der Waals surface area contributed by atoms with E-state index in [9.17, 15) is 10.1 Å². The average molecular weight is 279 g/mol. The molecule has 110 valence electrons. The first-order valence-corrected chi connectivity index (χ1v) is 6.91. The largest absolute Gasteiger partial charge is 0.360 e. The minimum absolute atomic E-state index is 0.0238. The molecule has 0 amide bonds. The van der Waals surface area contributed by atoms with Gasteiger partial charge in [0, 0.05) is 18.6 Å². The monoisotopic (exact) mass is 279 g/mol. The van der Waals surface area contributed by atoms with Crippen molar-refractivity contribution < 1.29 is 4.92 Å². The van der Waals surface area contributed by atoms with Crippen LogP contribution in [-0.2, 0) is 0 Å². The van der Waals surface area contributed by atoms with Crippen molar-refractivity contribution >= 4 is 17.3 Å². The van der Waals surface area contributed by atoms with Gasteiger partial charge >= 0.3 is 5.69 Å². The summed E-state index contributed by atoms with van der Waals surface area (Å²) < 4.78 is 0. The van der Waals surface area contributed by atoms with Gasteiger partial charge in [-0.15, -0.1) is 0 Å². The lowest BCUT2D eigenvalue weighted by molar-refractivity contribution is -0.383. The maximum atomic E-state index is 11.4. The van der Waals surface area contributed by atoms with Gasteiger partial charge in [0.2, 0.25) is 11.6 Å². The fraction of sp³-hybridized carbons (Fsp3) is 0.692. The number of hydrogen-bond acceptors (Lipinski definition) is 6. The molecule has 0 spiro atoms. The first-order valence-electron chi connectivity index (χ1n) is 6.91. The van der Waals surface area contributed by atoms with Crippen LogP contribution in [0.25, 0.3) is 0 Å². The molecule has 2 rings (SSSR count). The van der Waals surface area contributed by atoms with Crippen LogP contribution in [0, 0.1) is 10.1 Å². The summed E-state index contributed by atoms with van der Waals surface area (Å²) in [6.45, 7) is 7.46. The topological polar surface area (TPSA) is 84.2 Å². The third-order valence-corrected chi connectivity index (χ3v) is 3.13. The summed E-state index contributed by atoms with van der Waals surface area (Å²) in [4.78, 5) is 21.2. The Morgan fingerprint density at radius 1 is 1.25 bits per heavy atom. The highest BCUT2D eigenvalue weighted by molar-refractivity contribution is 5.70. The molecule has 7 nitrogen and oxygen atoms in total. The molecule has 0 radical (unpaired) electrons. The second-order valence-corrected chi connectivity index (χ2v) is 6.07. The van der Waals surface area contributed by atoms with Crippen LogP contribution in [-0.4, -0.2) is 33.5 Å².